The molecule has 1 rings (SSSR count). The smallest absolute Gasteiger partial charge is 0.303 e. The van der Waals surface area contributed by atoms with Gasteiger partial charge in [-0.1, -0.05) is 19.8 Å². The summed E-state index contributed by atoms with van der Waals surface area (Å²) in [6.07, 6.45) is 4.66. The van der Waals surface area contributed by atoms with Crippen LogP contribution in [0.1, 0.15) is 45.4 Å². The van der Waals surface area contributed by atoms with Gasteiger partial charge in [-0.3, -0.25) is 9.59 Å². The predicted octanol–water partition coefficient (Wildman–Crippen LogP) is 1.81. The van der Waals surface area contributed by atoms with E-state index < -0.39 is 5.97 Å². The Labute approximate surface area is 114 Å². The third-order valence-corrected chi connectivity index (χ3v) is 3.62. The molecule has 0 saturated carbocycles. The lowest BCUT2D eigenvalue weighted by Gasteiger charge is -2.16. The highest BCUT2D eigenvalue weighted by molar-refractivity contribution is 5.78. The maximum atomic E-state index is 11.8. The fraction of sp³-hybridized carbons (Fsp3) is 0.857. The number of carboxylic acid groups (broad SMARTS) is 1. The van der Waals surface area contributed by atoms with Gasteiger partial charge >= 0.3 is 5.97 Å². The molecular formula is C14H25NO4. The Morgan fingerprint density at radius 3 is 2.74 bits per heavy atom. The Morgan fingerprint density at radius 2 is 2.16 bits per heavy atom. The Morgan fingerprint density at radius 1 is 1.37 bits per heavy atom. The van der Waals surface area contributed by atoms with E-state index in [9.17, 15) is 9.59 Å². The molecule has 0 spiro atoms. The number of ether oxygens (including phenoxy) is 1. The van der Waals surface area contributed by atoms with Gasteiger partial charge in [0.15, 0.2) is 0 Å². The van der Waals surface area contributed by atoms with Crippen LogP contribution in [0, 0.1) is 11.8 Å². The first-order valence-electron chi connectivity index (χ1n) is 7.20. The number of rotatable bonds is 9. The number of carboxylic acids is 1. The van der Waals surface area contributed by atoms with Gasteiger partial charge in [0.25, 0.3) is 0 Å². The number of hydrogen-bond acceptors (Lipinski definition) is 3. The molecule has 0 aliphatic carbocycles. The molecule has 5 nitrogen and oxygen atoms in total. The lowest BCUT2D eigenvalue weighted by molar-refractivity contribution is -0.137. The fourth-order valence-corrected chi connectivity index (χ4v) is 2.45. The maximum Gasteiger partial charge on any atom is 0.303 e. The van der Waals surface area contributed by atoms with Crippen LogP contribution < -0.4 is 5.32 Å². The van der Waals surface area contributed by atoms with Gasteiger partial charge in [0, 0.05) is 19.6 Å². The molecule has 0 radical (unpaired) electrons. The van der Waals surface area contributed by atoms with E-state index in [4.69, 9.17) is 9.84 Å². The van der Waals surface area contributed by atoms with Crippen LogP contribution in [0.5, 0.6) is 0 Å². The molecule has 2 N–H and O–H groups in total. The van der Waals surface area contributed by atoms with Crippen LogP contribution in [0.15, 0.2) is 0 Å². The molecule has 0 aromatic heterocycles. The van der Waals surface area contributed by atoms with Crippen LogP contribution in [-0.4, -0.2) is 36.7 Å². The van der Waals surface area contributed by atoms with Gasteiger partial charge in [0.2, 0.25) is 5.91 Å². The Bertz CT molecular complexity index is 287. The number of aliphatic carboxylic acids is 1. The summed E-state index contributed by atoms with van der Waals surface area (Å²) in [4.78, 5) is 22.3. The zero-order valence-corrected chi connectivity index (χ0v) is 11.7. The second-order valence-corrected chi connectivity index (χ2v) is 5.23. The van der Waals surface area contributed by atoms with Crippen LogP contribution in [0.25, 0.3) is 0 Å². The summed E-state index contributed by atoms with van der Waals surface area (Å²) in [5.41, 5.74) is 0. The summed E-state index contributed by atoms with van der Waals surface area (Å²) in [7, 11) is 0. The van der Waals surface area contributed by atoms with Crippen molar-refractivity contribution in [2.45, 2.75) is 45.4 Å². The fourth-order valence-electron chi connectivity index (χ4n) is 2.45. The van der Waals surface area contributed by atoms with E-state index in [0.717, 1.165) is 25.7 Å². The van der Waals surface area contributed by atoms with Crippen molar-refractivity contribution in [2.75, 3.05) is 19.8 Å². The molecule has 1 aliphatic rings. The molecule has 2 atom stereocenters. The van der Waals surface area contributed by atoms with E-state index in [-0.39, 0.29) is 18.2 Å². The van der Waals surface area contributed by atoms with Crippen molar-refractivity contribution in [2.24, 2.45) is 11.8 Å². The number of carbonyl (C=O) groups is 2. The van der Waals surface area contributed by atoms with Crippen LogP contribution in [0.2, 0.25) is 0 Å². The Hall–Kier alpha value is -1.10. The van der Waals surface area contributed by atoms with Gasteiger partial charge in [-0.05, 0) is 25.2 Å². The molecule has 19 heavy (non-hydrogen) atoms. The molecule has 2 unspecified atom stereocenters. The topological polar surface area (TPSA) is 75.6 Å². The van der Waals surface area contributed by atoms with Crippen molar-refractivity contribution in [3.63, 3.8) is 0 Å². The zero-order chi connectivity index (χ0) is 14.1. The first-order valence-corrected chi connectivity index (χ1v) is 7.20. The van der Waals surface area contributed by atoms with Gasteiger partial charge in [-0.25, -0.2) is 0 Å². The van der Waals surface area contributed by atoms with E-state index in [0.29, 0.717) is 32.1 Å². The maximum absolute atomic E-state index is 11.8. The van der Waals surface area contributed by atoms with Gasteiger partial charge in [-0.2, -0.15) is 0 Å². The quantitative estimate of drug-likeness (QED) is 0.670. The normalized spacial score (nSPS) is 20.2. The summed E-state index contributed by atoms with van der Waals surface area (Å²) in [6.45, 7) is 3.94. The molecule has 1 fully saturated rings. The van der Waals surface area contributed by atoms with Crippen molar-refractivity contribution in [3.8, 4) is 0 Å². The van der Waals surface area contributed by atoms with Crippen LogP contribution in [-0.2, 0) is 14.3 Å². The molecule has 1 aliphatic heterocycles. The first-order chi connectivity index (χ1) is 9.13. The van der Waals surface area contributed by atoms with Crippen molar-refractivity contribution in [1.82, 2.24) is 5.32 Å². The minimum atomic E-state index is -0.742. The minimum absolute atomic E-state index is 0.00337. The summed E-state index contributed by atoms with van der Waals surface area (Å²) in [5.74, 6) is -0.274. The molecule has 5 heteroatoms. The second-order valence-electron chi connectivity index (χ2n) is 5.23. The molecular weight excluding hydrogens is 246 g/mol. The third kappa shape index (κ3) is 6.57. The van der Waals surface area contributed by atoms with Crippen LogP contribution in [0.3, 0.4) is 0 Å². The Balaban J connectivity index is 2.19. The highest BCUT2D eigenvalue weighted by Crippen LogP contribution is 2.17. The highest BCUT2D eigenvalue weighted by atomic mass is 16.5. The highest BCUT2D eigenvalue weighted by Gasteiger charge is 2.23. The third-order valence-electron chi connectivity index (χ3n) is 3.62. The van der Waals surface area contributed by atoms with E-state index in [1.807, 2.05) is 0 Å². The molecule has 0 aromatic rings. The first kappa shape index (κ1) is 16.0. The molecule has 0 bridgehead atoms. The lowest BCUT2D eigenvalue weighted by Crippen LogP contribution is -2.32. The molecule has 1 heterocycles. The summed E-state index contributed by atoms with van der Waals surface area (Å²) >= 11 is 0. The number of nitrogens with one attached hydrogen (secondary N) is 1. The van der Waals surface area contributed by atoms with Gasteiger partial charge < -0.3 is 15.2 Å². The largest absolute Gasteiger partial charge is 0.481 e. The van der Waals surface area contributed by atoms with Crippen molar-refractivity contribution in [1.29, 1.82) is 0 Å². The van der Waals surface area contributed by atoms with E-state index in [1.54, 1.807) is 0 Å². The van der Waals surface area contributed by atoms with Crippen LogP contribution >= 0.6 is 0 Å². The number of amides is 1. The van der Waals surface area contributed by atoms with E-state index in [2.05, 4.69) is 12.2 Å². The van der Waals surface area contributed by atoms with E-state index in [1.165, 1.54) is 0 Å². The number of hydrogen-bond donors (Lipinski definition) is 2. The van der Waals surface area contributed by atoms with Gasteiger partial charge in [0.05, 0.1) is 12.5 Å². The summed E-state index contributed by atoms with van der Waals surface area (Å²) in [6, 6.07) is 0. The molecule has 1 saturated heterocycles. The SMILES string of the molecule is CCCC(CCNC(=O)C1CCOC1)CCC(=O)O. The van der Waals surface area contributed by atoms with Crippen molar-refractivity contribution >= 4 is 11.9 Å². The summed E-state index contributed by atoms with van der Waals surface area (Å²) < 4.78 is 5.18. The standard InChI is InChI=1S/C14H25NO4/c1-2-3-11(4-5-13(16)17)6-8-15-14(18)12-7-9-19-10-12/h11-12H,2-10H2,1H3,(H,15,18)(H,16,17). The predicted molar refractivity (Wildman–Crippen MR) is 71.8 cm³/mol. The second kappa shape index (κ2) is 8.91. The lowest BCUT2D eigenvalue weighted by atomic mass is 9.94. The Kier molecular flexibility index (Phi) is 7.48. The number of carbonyl (C=O) groups excluding carboxylic acids is 1. The average Bonchev–Trinajstić information content (AvgIpc) is 2.89. The van der Waals surface area contributed by atoms with Gasteiger partial charge in [-0.15, -0.1) is 0 Å². The minimum Gasteiger partial charge on any atom is -0.481 e. The molecule has 0 aromatic carbocycles. The van der Waals surface area contributed by atoms with Gasteiger partial charge in [0.1, 0.15) is 0 Å². The molecule has 110 valence electrons. The summed E-state index contributed by atoms with van der Waals surface area (Å²) in [5, 5.41) is 11.6. The van der Waals surface area contributed by atoms with Crippen molar-refractivity contribution in [3.05, 3.63) is 0 Å². The monoisotopic (exact) mass is 271 g/mol. The molecule has 1 amide bonds. The van der Waals surface area contributed by atoms with E-state index >= 15 is 0 Å². The van der Waals surface area contributed by atoms with Crippen LogP contribution in [0.4, 0.5) is 0 Å². The van der Waals surface area contributed by atoms with Crippen molar-refractivity contribution < 1.29 is 19.4 Å². The zero-order valence-electron chi connectivity index (χ0n) is 11.7. The average molecular weight is 271 g/mol.